The third kappa shape index (κ3) is 8.72. The zero-order valence-electron chi connectivity index (χ0n) is 24.9. The first-order valence-electron chi connectivity index (χ1n) is 13.5. The first-order chi connectivity index (χ1) is 18.0. The van der Waals surface area contributed by atoms with Gasteiger partial charge in [0.2, 0.25) is 5.91 Å². The minimum atomic E-state index is -0.969. The second-order valence-electron chi connectivity index (χ2n) is 11.8. The van der Waals surface area contributed by atoms with Crippen molar-refractivity contribution in [2.75, 3.05) is 5.32 Å². The van der Waals surface area contributed by atoms with E-state index in [9.17, 15) is 14.4 Å². The molecule has 0 aliphatic rings. The van der Waals surface area contributed by atoms with Gasteiger partial charge in [0, 0.05) is 6.04 Å². The van der Waals surface area contributed by atoms with E-state index < -0.39 is 23.8 Å². The number of hydrogen-bond acceptors (Lipinski definition) is 4. The van der Waals surface area contributed by atoms with Crippen LogP contribution in [-0.4, -0.2) is 40.5 Å². The minimum absolute atomic E-state index is 0.0988. The Hall–Kier alpha value is -3.06. The molecule has 0 spiro atoms. The first kappa shape index (κ1) is 32.2. The molecule has 0 aliphatic heterocycles. The molecule has 0 saturated carbocycles. The normalized spacial score (nSPS) is 13.2. The molecule has 7 nitrogen and oxygen atoms in total. The van der Waals surface area contributed by atoms with E-state index in [4.69, 9.17) is 16.3 Å². The van der Waals surface area contributed by atoms with E-state index in [1.165, 1.54) is 0 Å². The quantitative estimate of drug-likeness (QED) is 0.343. The number of carbonyl (C=O) groups is 3. The third-order valence-electron chi connectivity index (χ3n) is 6.44. The maximum absolute atomic E-state index is 14.3. The Kier molecular flexibility index (Phi) is 11.0. The van der Waals surface area contributed by atoms with Crippen LogP contribution in [0.25, 0.3) is 0 Å². The van der Waals surface area contributed by atoms with Crippen LogP contribution >= 0.6 is 11.6 Å². The van der Waals surface area contributed by atoms with E-state index in [1.807, 2.05) is 78.8 Å². The molecule has 0 saturated heterocycles. The summed E-state index contributed by atoms with van der Waals surface area (Å²) in [5.41, 5.74) is 3.21. The fourth-order valence-electron chi connectivity index (χ4n) is 4.47. The van der Waals surface area contributed by atoms with E-state index in [-0.39, 0.29) is 23.8 Å². The van der Waals surface area contributed by atoms with E-state index in [2.05, 4.69) is 10.6 Å². The summed E-state index contributed by atoms with van der Waals surface area (Å²) in [6, 6.07) is 8.90. The summed E-state index contributed by atoms with van der Waals surface area (Å²) in [6.45, 7) is 18.8. The lowest BCUT2D eigenvalue weighted by Gasteiger charge is -2.38. The summed E-state index contributed by atoms with van der Waals surface area (Å²) in [4.78, 5) is 42.7. The standard InChI is InChI=1S/C31H44ClN3O4/c1-18(2)17-25(33-30(38)39-31(8,9)10)29(37)35(19(3)4)27(23-15-11-13-20(5)22(23)7)28(36)34-26-21(6)14-12-16-24(26)32/h11-16,18-19,25,27H,17H2,1-10H3,(H,33,38)(H,34,36). The van der Waals surface area contributed by atoms with Crippen LogP contribution in [0.1, 0.15) is 83.2 Å². The van der Waals surface area contributed by atoms with Gasteiger partial charge in [-0.1, -0.05) is 55.8 Å². The molecule has 2 aromatic carbocycles. The molecule has 0 aliphatic carbocycles. The SMILES string of the molecule is Cc1cccc(C(C(=O)Nc2c(C)cccc2Cl)N(C(=O)C(CC(C)C)NC(=O)OC(C)(C)C)C(C)C)c1C. The van der Waals surface area contributed by atoms with Crippen LogP contribution in [-0.2, 0) is 14.3 Å². The van der Waals surface area contributed by atoms with Crippen LogP contribution in [0.3, 0.4) is 0 Å². The summed E-state index contributed by atoms with van der Waals surface area (Å²) in [5, 5.41) is 6.17. The largest absolute Gasteiger partial charge is 0.444 e. The van der Waals surface area contributed by atoms with Crippen LogP contribution < -0.4 is 10.6 Å². The Labute approximate surface area is 238 Å². The Balaban J connectivity index is 2.62. The molecule has 2 N–H and O–H groups in total. The molecule has 0 bridgehead atoms. The number of alkyl carbamates (subject to hydrolysis) is 1. The lowest BCUT2D eigenvalue weighted by Crippen LogP contribution is -2.54. The van der Waals surface area contributed by atoms with Crippen LogP contribution in [0.2, 0.25) is 5.02 Å². The van der Waals surface area contributed by atoms with Crippen molar-refractivity contribution >= 4 is 35.2 Å². The molecule has 214 valence electrons. The number of rotatable bonds is 9. The molecule has 39 heavy (non-hydrogen) atoms. The second kappa shape index (κ2) is 13.3. The van der Waals surface area contributed by atoms with Crippen molar-refractivity contribution in [2.24, 2.45) is 5.92 Å². The molecule has 0 radical (unpaired) electrons. The number of nitrogens with zero attached hydrogens (tertiary/aromatic N) is 1. The average molecular weight is 558 g/mol. The van der Waals surface area contributed by atoms with Crippen molar-refractivity contribution in [1.82, 2.24) is 10.2 Å². The summed E-state index contributed by atoms with van der Waals surface area (Å²) in [5.74, 6) is -0.648. The number of carbonyl (C=O) groups excluding carboxylic acids is 3. The predicted octanol–water partition coefficient (Wildman–Crippen LogP) is 7.12. The first-order valence-corrected chi connectivity index (χ1v) is 13.8. The van der Waals surface area contributed by atoms with Gasteiger partial charge in [0.15, 0.2) is 0 Å². The number of para-hydroxylation sites is 1. The van der Waals surface area contributed by atoms with Crippen molar-refractivity contribution in [2.45, 2.75) is 99.4 Å². The van der Waals surface area contributed by atoms with Crippen molar-refractivity contribution in [3.05, 3.63) is 63.7 Å². The van der Waals surface area contributed by atoms with Gasteiger partial charge in [0.1, 0.15) is 17.7 Å². The molecular weight excluding hydrogens is 514 g/mol. The van der Waals surface area contributed by atoms with E-state index >= 15 is 0 Å². The molecule has 3 amide bonds. The number of hydrogen-bond donors (Lipinski definition) is 2. The Bertz CT molecular complexity index is 1170. The molecule has 2 atom stereocenters. The minimum Gasteiger partial charge on any atom is -0.444 e. The number of ether oxygens (including phenoxy) is 1. The molecular formula is C31H44ClN3O4. The van der Waals surface area contributed by atoms with E-state index in [0.717, 1.165) is 16.7 Å². The summed E-state index contributed by atoms with van der Waals surface area (Å²) in [6.07, 6.45) is -0.295. The van der Waals surface area contributed by atoms with Gasteiger partial charge in [-0.25, -0.2) is 4.79 Å². The van der Waals surface area contributed by atoms with E-state index in [0.29, 0.717) is 22.7 Å². The molecule has 2 unspecified atom stereocenters. The highest BCUT2D eigenvalue weighted by atomic mass is 35.5. The molecule has 8 heteroatoms. The highest BCUT2D eigenvalue weighted by molar-refractivity contribution is 6.34. The number of anilines is 1. The number of nitrogens with one attached hydrogen (secondary N) is 2. The lowest BCUT2D eigenvalue weighted by atomic mass is 9.93. The lowest BCUT2D eigenvalue weighted by molar-refractivity contribution is -0.143. The van der Waals surface area contributed by atoms with Gasteiger partial charge < -0.3 is 20.3 Å². The van der Waals surface area contributed by atoms with Crippen molar-refractivity contribution < 1.29 is 19.1 Å². The van der Waals surface area contributed by atoms with Crippen LogP contribution in [0.5, 0.6) is 0 Å². The number of halogens is 1. The topological polar surface area (TPSA) is 87.7 Å². The number of benzene rings is 2. The zero-order valence-corrected chi connectivity index (χ0v) is 25.7. The predicted molar refractivity (Wildman–Crippen MR) is 158 cm³/mol. The maximum Gasteiger partial charge on any atom is 0.408 e. The Morgan fingerprint density at radius 3 is 2.08 bits per heavy atom. The molecule has 0 fully saturated rings. The van der Waals surface area contributed by atoms with Gasteiger partial charge in [0.25, 0.3) is 5.91 Å². The summed E-state index contributed by atoms with van der Waals surface area (Å²) >= 11 is 6.45. The summed E-state index contributed by atoms with van der Waals surface area (Å²) in [7, 11) is 0. The number of aryl methyl sites for hydroxylation is 2. The molecule has 0 aromatic heterocycles. The maximum atomic E-state index is 14.3. The second-order valence-corrected chi connectivity index (χ2v) is 12.2. The summed E-state index contributed by atoms with van der Waals surface area (Å²) < 4.78 is 5.46. The third-order valence-corrected chi connectivity index (χ3v) is 6.76. The van der Waals surface area contributed by atoms with Crippen LogP contribution in [0.15, 0.2) is 36.4 Å². The Morgan fingerprint density at radius 1 is 0.949 bits per heavy atom. The average Bonchev–Trinajstić information content (AvgIpc) is 2.79. The van der Waals surface area contributed by atoms with Crippen LogP contribution in [0.4, 0.5) is 10.5 Å². The van der Waals surface area contributed by atoms with Gasteiger partial charge in [-0.3, -0.25) is 9.59 Å². The molecule has 2 aromatic rings. The van der Waals surface area contributed by atoms with Crippen molar-refractivity contribution in [3.63, 3.8) is 0 Å². The van der Waals surface area contributed by atoms with Crippen LogP contribution in [0, 0.1) is 26.7 Å². The highest BCUT2D eigenvalue weighted by Crippen LogP contribution is 2.32. The Morgan fingerprint density at radius 2 is 1.54 bits per heavy atom. The van der Waals surface area contributed by atoms with Crippen molar-refractivity contribution in [1.29, 1.82) is 0 Å². The smallest absolute Gasteiger partial charge is 0.408 e. The van der Waals surface area contributed by atoms with Crippen molar-refractivity contribution in [3.8, 4) is 0 Å². The van der Waals surface area contributed by atoms with Gasteiger partial charge in [-0.2, -0.15) is 0 Å². The van der Waals surface area contributed by atoms with Gasteiger partial charge >= 0.3 is 6.09 Å². The van der Waals surface area contributed by atoms with Gasteiger partial charge in [-0.15, -0.1) is 0 Å². The highest BCUT2D eigenvalue weighted by Gasteiger charge is 2.39. The number of amides is 3. The fraction of sp³-hybridized carbons (Fsp3) is 0.516. The monoisotopic (exact) mass is 557 g/mol. The van der Waals surface area contributed by atoms with Gasteiger partial charge in [-0.05, 0) is 96.0 Å². The molecule has 0 heterocycles. The van der Waals surface area contributed by atoms with E-state index in [1.54, 1.807) is 31.7 Å². The van der Waals surface area contributed by atoms with Gasteiger partial charge in [0.05, 0.1) is 10.7 Å². The fourth-order valence-corrected chi connectivity index (χ4v) is 4.74. The zero-order chi connectivity index (χ0) is 29.7. The molecule has 2 rings (SSSR count).